The van der Waals surface area contributed by atoms with Gasteiger partial charge in [0.25, 0.3) is 0 Å². The Morgan fingerprint density at radius 1 is 1.29 bits per heavy atom. The molecule has 1 unspecified atom stereocenters. The molecule has 2 rings (SSSR count). The Labute approximate surface area is 136 Å². The van der Waals surface area contributed by atoms with Crippen LogP contribution in [0.2, 0.25) is 0 Å². The SMILES string of the molecule is CC1O[C@H](COC(=O)c2ccccc2)C[C@@H]1OS(=O)(=O)C(F)(F)F. The third-order valence-electron chi connectivity index (χ3n) is 3.37. The van der Waals surface area contributed by atoms with Crippen molar-refractivity contribution in [3.8, 4) is 0 Å². The second-order valence-corrected chi connectivity index (χ2v) is 6.76. The smallest absolute Gasteiger partial charge is 0.459 e. The minimum Gasteiger partial charge on any atom is -0.459 e. The summed E-state index contributed by atoms with van der Waals surface area (Å²) in [5, 5.41) is 0. The summed E-state index contributed by atoms with van der Waals surface area (Å²) < 4.78 is 73.5. The molecule has 6 nitrogen and oxygen atoms in total. The van der Waals surface area contributed by atoms with Crippen molar-refractivity contribution in [1.82, 2.24) is 0 Å². The summed E-state index contributed by atoms with van der Waals surface area (Å²) in [5.41, 5.74) is -5.18. The van der Waals surface area contributed by atoms with Gasteiger partial charge in [0.2, 0.25) is 0 Å². The zero-order valence-corrected chi connectivity index (χ0v) is 13.3. The minimum absolute atomic E-state index is 0.140. The van der Waals surface area contributed by atoms with Crippen molar-refractivity contribution in [2.75, 3.05) is 6.61 Å². The van der Waals surface area contributed by atoms with E-state index in [-0.39, 0.29) is 13.0 Å². The Balaban J connectivity index is 1.89. The van der Waals surface area contributed by atoms with Crippen molar-refractivity contribution in [2.45, 2.75) is 37.2 Å². The number of halogens is 3. The summed E-state index contributed by atoms with van der Waals surface area (Å²) in [6, 6.07) is 8.11. The van der Waals surface area contributed by atoms with E-state index in [2.05, 4.69) is 4.18 Å². The first kappa shape index (κ1) is 18.7. The van der Waals surface area contributed by atoms with Crippen molar-refractivity contribution >= 4 is 16.1 Å². The molecule has 10 heteroatoms. The molecule has 0 aromatic heterocycles. The first-order valence-corrected chi connectivity index (χ1v) is 8.38. The number of ether oxygens (including phenoxy) is 2. The topological polar surface area (TPSA) is 78.9 Å². The molecule has 1 heterocycles. The summed E-state index contributed by atoms with van der Waals surface area (Å²) in [5.74, 6) is -0.612. The average Bonchev–Trinajstić information content (AvgIpc) is 2.84. The van der Waals surface area contributed by atoms with Gasteiger partial charge in [0.05, 0.1) is 17.8 Å². The average molecular weight is 368 g/mol. The van der Waals surface area contributed by atoms with Gasteiger partial charge >= 0.3 is 21.6 Å². The lowest BCUT2D eigenvalue weighted by Crippen LogP contribution is -2.33. The van der Waals surface area contributed by atoms with E-state index in [1.54, 1.807) is 30.3 Å². The molecule has 1 saturated heterocycles. The number of hydrogen-bond acceptors (Lipinski definition) is 6. The molecule has 0 N–H and O–H groups in total. The van der Waals surface area contributed by atoms with Gasteiger partial charge in [0.1, 0.15) is 12.7 Å². The van der Waals surface area contributed by atoms with Crippen LogP contribution in [0.15, 0.2) is 30.3 Å². The van der Waals surface area contributed by atoms with Crippen LogP contribution >= 0.6 is 0 Å². The first-order valence-electron chi connectivity index (χ1n) is 6.97. The van der Waals surface area contributed by atoms with Gasteiger partial charge in [0, 0.05) is 6.42 Å². The summed E-state index contributed by atoms with van der Waals surface area (Å²) in [6.07, 6.45) is -3.07. The van der Waals surface area contributed by atoms with Crippen molar-refractivity contribution in [1.29, 1.82) is 0 Å². The van der Waals surface area contributed by atoms with Gasteiger partial charge in [-0.25, -0.2) is 4.79 Å². The highest BCUT2D eigenvalue weighted by Crippen LogP contribution is 2.31. The van der Waals surface area contributed by atoms with Gasteiger partial charge in [-0.15, -0.1) is 0 Å². The molecular weight excluding hydrogens is 353 g/mol. The van der Waals surface area contributed by atoms with Gasteiger partial charge in [-0.3, -0.25) is 4.18 Å². The lowest BCUT2D eigenvalue weighted by Gasteiger charge is -2.15. The predicted molar refractivity (Wildman–Crippen MR) is 75.5 cm³/mol. The fourth-order valence-corrected chi connectivity index (χ4v) is 2.84. The van der Waals surface area contributed by atoms with Crippen LogP contribution in [-0.2, 0) is 23.8 Å². The third-order valence-corrected chi connectivity index (χ3v) is 4.44. The maximum absolute atomic E-state index is 12.3. The van der Waals surface area contributed by atoms with Crippen LogP contribution in [0, 0.1) is 0 Å². The van der Waals surface area contributed by atoms with Crippen LogP contribution in [0.4, 0.5) is 13.2 Å². The Bertz CT molecular complexity index is 674. The van der Waals surface area contributed by atoms with Crippen molar-refractivity contribution in [3.63, 3.8) is 0 Å². The molecule has 0 radical (unpaired) electrons. The van der Waals surface area contributed by atoms with Crippen molar-refractivity contribution < 1.29 is 40.0 Å². The van der Waals surface area contributed by atoms with Crippen molar-refractivity contribution in [3.05, 3.63) is 35.9 Å². The third kappa shape index (κ3) is 4.46. The molecule has 1 aliphatic heterocycles. The van der Waals surface area contributed by atoms with E-state index < -0.39 is 39.9 Å². The number of hydrogen-bond donors (Lipinski definition) is 0. The van der Waals surface area contributed by atoms with Crippen LogP contribution in [0.5, 0.6) is 0 Å². The van der Waals surface area contributed by atoms with Gasteiger partial charge in [-0.05, 0) is 19.1 Å². The minimum atomic E-state index is -5.70. The number of carbonyl (C=O) groups excluding carboxylic acids is 1. The molecular formula is C14H15F3O6S. The lowest BCUT2D eigenvalue weighted by molar-refractivity contribution is -0.0603. The molecule has 1 aromatic carbocycles. The van der Waals surface area contributed by atoms with E-state index in [1.807, 2.05) is 0 Å². The lowest BCUT2D eigenvalue weighted by atomic mass is 10.1. The molecule has 1 fully saturated rings. The van der Waals surface area contributed by atoms with E-state index in [9.17, 15) is 26.4 Å². The number of alkyl halides is 3. The fraction of sp³-hybridized carbons (Fsp3) is 0.500. The Kier molecular flexibility index (Phi) is 5.51. The zero-order chi connectivity index (χ0) is 18.0. The molecule has 1 aliphatic rings. The summed E-state index contributed by atoms with van der Waals surface area (Å²) in [7, 11) is -5.70. The number of esters is 1. The second kappa shape index (κ2) is 7.08. The molecule has 134 valence electrons. The van der Waals surface area contributed by atoms with Crippen LogP contribution in [-0.4, -0.2) is 44.8 Å². The monoisotopic (exact) mass is 368 g/mol. The van der Waals surface area contributed by atoms with Crippen molar-refractivity contribution in [2.24, 2.45) is 0 Å². The van der Waals surface area contributed by atoms with E-state index in [1.165, 1.54) is 6.92 Å². The largest absolute Gasteiger partial charge is 0.523 e. The molecule has 0 amide bonds. The Morgan fingerprint density at radius 2 is 1.92 bits per heavy atom. The van der Waals surface area contributed by atoms with Gasteiger partial charge in [-0.1, -0.05) is 18.2 Å². The highest BCUT2D eigenvalue weighted by atomic mass is 32.2. The van der Waals surface area contributed by atoms with E-state index in [0.29, 0.717) is 5.56 Å². The van der Waals surface area contributed by atoms with Gasteiger partial charge in [0.15, 0.2) is 0 Å². The molecule has 0 aliphatic carbocycles. The second-order valence-electron chi connectivity index (χ2n) is 5.20. The number of carbonyl (C=O) groups is 1. The van der Waals surface area contributed by atoms with Crippen LogP contribution in [0.3, 0.4) is 0 Å². The Hall–Kier alpha value is -1.65. The molecule has 0 saturated carbocycles. The van der Waals surface area contributed by atoms with Crippen LogP contribution in [0.25, 0.3) is 0 Å². The quantitative estimate of drug-likeness (QED) is 0.451. The van der Waals surface area contributed by atoms with E-state index in [0.717, 1.165) is 0 Å². The summed E-state index contributed by atoms with van der Waals surface area (Å²) in [4.78, 5) is 11.8. The van der Waals surface area contributed by atoms with E-state index >= 15 is 0 Å². The highest BCUT2D eigenvalue weighted by molar-refractivity contribution is 7.87. The van der Waals surface area contributed by atoms with Gasteiger partial charge in [-0.2, -0.15) is 21.6 Å². The molecule has 0 bridgehead atoms. The molecule has 3 atom stereocenters. The van der Waals surface area contributed by atoms with E-state index in [4.69, 9.17) is 9.47 Å². The maximum atomic E-state index is 12.3. The maximum Gasteiger partial charge on any atom is 0.523 e. The normalized spacial score (nSPS) is 24.8. The Morgan fingerprint density at radius 3 is 2.50 bits per heavy atom. The van der Waals surface area contributed by atoms with Crippen LogP contribution in [0.1, 0.15) is 23.7 Å². The highest BCUT2D eigenvalue weighted by Gasteiger charge is 2.50. The molecule has 1 aromatic rings. The first-order chi connectivity index (χ1) is 11.1. The fourth-order valence-electron chi connectivity index (χ4n) is 2.17. The standard InChI is InChI=1S/C14H15F3O6S/c1-9-12(23-24(19,20)14(15,16)17)7-11(22-9)8-21-13(18)10-5-3-2-4-6-10/h2-6,9,11-12H,7-8H2,1H3/t9?,11-,12-/m0/s1. The predicted octanol–water partition coefficient (Wildman–Crippen LogP) is 2.26. The van der Waals surface area contributed by atoms with Crippen LogP contribution < -0.4 is 0 Å². The summed E-state index contributed by atoms with van der Waals surface area (Å²) in [6.45, 7) is 1.17. The zero-order valence-electron chi connectivity index (χ0n) is 12.5. The molecule has 0 spiro atoms. The van der Waals surface area contributed by atoms with Gasteiger partial charge < -0.3 is 9.47 Å². The summed E-state index contributed by atoms with van der Waals surface area (Å²) >= 11 is 0. The number of rotatable bonds is 5. The number of benzene rings is 1. The molecule has 24 heavy (non-hydrogen) atoms.